The van der Waals surface area contributed by atoms with E-state index in [9.17, 15) is 0 Å². The lowest BCUT2D eigenvalue weighted by Crippen LogP contribution is -2.35. The summed E-state index contributed by atoms with van der Waals surface area (Å²) in [7, 11) is 1.99. The predicted octanol–water partition coefficient (Wildman–Crippen LogP) is 2.57. The highest BCUT2D eigenvalue weighted by Crippen LogP contribution is 2.25. The molecule has 1 aromatic carbocycles. The van der Waals surface area contributed by atoms with Crippen LogP contribution >= 0.6 is 0 Å². The van der Waals surface area contributed by atoms with Crippen LogP contribution in [0, 0.1) is 0 Å². The van der Waals surface area contributed by atoms with Crippen molar-refractivity contribution in [3.8, 4) is 5.88 Å². The lowest BCUT2D eigenvalue weighted by atomic mass is 10.2. The number of aliphatic imine (C=N–C) groups is 1. The number of pyridine rings is 1. The van der Waals surface area contributed by atoms with Gasteiger partial charge in [0.25, 0.3) is 0 Å². The van der Waals surface area contributed by atoms with E-state index in [1.54, 1.807) is 6.20 Å². The van der Waals surface area contributed by atoms with Crippen LogP contribution in [-0.2, 0) is 13.2 Å². The number of aromatic nitrogens is 1. The van der Waals surface area contributed by atoms with Crippen LogP contribution in [0.2, 0.25) is 0 Å². The minimum absolute atomic E-state index is 0.473. The fraction of sp³-hybridized carbons (Fsp3) is 0.333. The molecule has 120 valence electrons. The summed E-state index contributed by atoms with van der Waals surface area (Å²) in [6.45, 7) is 0.965. The average Bonchev–Trinajstić information content (AvgIpc) is 3.44. The van der Waals surface area contributed by atoms with E-state index in [1.807, 2.05) is 54.4 Å². The van der Waals surface area contributed by atoms with E-state index in [4.69, 9.17) is 10.5 Å². The number of hydrogen-bond donors (Lipinski definition) is 1. The minimum Gasteiger partial charge on any atom is -0.473 e. The van der Waals surface area contributed by atoms with Crippen molar-refractivity contribution in [2.24, 2.45) is 10.7 Å². The Morgan fingerprint density at radius 1 is 1.26 bits per heavy atom. The van der Waals surface area contributed by atoms with Crippen molar-refractivity contribution in [1.29, 1.82) is 0 Å². The summed E-state index contributed by atoms with van der Waals surface area (Å²) >= 11 is 0. The maximum atomic E-state index is 6.04. The molecule has 0 spiro atoms. The van der Waals surface area contributed by atoms with Gasteiger partial charge in [0, 0.05) is 24.8 Å². The number of nitrogens with two attached hydrogens (primary N) is 1. The molecule has 1 aromatic heterocycles. The minimum atomic E-state index is 0.473. The van der Waals surface area contributed by atoms with Gasteiger partial charge in [-0.25, -0.2) is 9.98 Å². The fourth-order valence-electron chi connectivity index (χ4n) is 2.33. The number of benzene rings is 1. The number of nitrogens with zero attached hydrogens (tertiary/aromatic N) is 3. The van der Waals surface area contributed by atoms with E-state index in [1.165, 1.54) is 12.8 Å². The summed E-state index contributed by atoms with van der Waals surface area (Å²) in [6.07, 6.45) is 4.13. The van der Waals surface area contributed by atoms with Crippen molar-refractivity contribution in [2.45, 2.75) is 32.0 Å². The molecule has 1 saturated carbocycles. The topological polar surface area (TPSA) is 63.7 Å². The van der Waals surface area contributed by atoms with Crippen LogP contribution in [0.3, 0.4) is 0 Å². The van der Waals surface area contributed by atoms with Gasteiger partial charge in [-0.15, -0.1) is 0 Å². The van der Waals surface area contributed by atoms with Gasteiger partial charge in [-0.05, 0) is 24.5 Å². The molecular weight excluding hydrogens is 288 g/mol. The highest BCUT2D eigenvalue weighted by molar-refractivity contribution is 5.78. The zero-order chi connectivity index (χ0) is 16.1. The van der Waals surface area contributed by atoms with Crippen molar-refractivity contribution in [1.82, 2.24) is 9.88 Å². The zero-order valence-electron chi connectivity index (χ0n) is 13.4. The SMILES string of the molecule is CN(C(N)=NCc1cccnc1OCc1ccccc1)C1CC1. The van der Waals surface area contributed by atoms with Gasteiger partial charge in [-0.2, -0.15) is 0 Å². The summed E-state index contributed by atoms with van der Waals surface area (Å²) in [4.78, 5) is 10.8. The van der Waals surface area contributed by atoms with Crippen LogP contribution < -0.4 is 10.5 Å². The molecule has 2 N–H and O–H groups in total. The molecule has 0 amide bonds. The van der Waals surface area contributed by atoms with Gasteiger partial charge in [0.15, 0.2) is 5.96 Å². The Hall–Kier alpha value is -2.56. The maximum Gasteiger partial charge on any atom is 0.218 e. The van der Waals surface area contributed by atoms with Crippen LogP contribution in [0.1, 0.15) is 24.0 Å². The molecule has 2 aromatic rings. The average molecular weight is 310 g/mol. The quantitative estimate of drug-likeness (QED) is 0.658. The Kier molecular flexibility index (Phi) is 4.76. The number of hydrogen-bond acceptors (Lipinski definition) is 3. The highest BCUT2D eigenvalue weighted by atomic mass is 16.5. The first-order valence-corrected chi connectivity index (χ1v) is 7.87. The third kappa shape index (κ3) is 4.22. The van der Waals surface area contributed by atoms with Gasteiger partial charge in [0.1, 0.15) is 6.61 Å². The molecular formula is C18H22N4O. The van der Waals surface area contributed by atoms with Gasteiger partial charge >= 0.3 is 0 Å². The molecule has 0 bridgehead atoms. The first kappa shape index (κ1) is 15.3. The Morgan fingerprint density at radius 2 is 2.04 bits per heavy atom. The summed E-state index contributed by atoms with van der Waals surface area (Å²) in [5.74, 6) is 1.19. The third-order valence-electron chi connectivity index (χ3n) is 3.94. The molecule has 1 fully saturated rings. The van der Waals surface area contributed by atoms with E-state index in [0.29, 0.717) is 31.0 Å². The first-order valence-electron chi connectivity index (χ1n) is 7.87. The number of rotatable bonds is 6. The standard InChI is InChI=1S/C18H22N4O/c1-22(16-9-10-16)18(19)21-12-15-8-5-11-20-17(15)23-13-14-6-3-2-4-7-14/h2-8,11,16H,9-10,12-13H2,1H3,(H2,19,21). The molecule has 3 rings (SSSR count). The summed E-state index contributed by atoms with van der Waals surface area (Å²) in [5.41, 5.74) is 8.09. The molecule has 1 aliphatic rings. The first-order chi connectivity index (χ1) is 11.2. The second-order valence-corrected chi connectivity index (χ2v) is 5.76. The van der Waals surface area contributed by atoms with Gasteiger partial charge in [-0.3, -0.25) is 0 Å². The number of ether oxygens (including phenoxy) is 1. The van der Waals surface area contributed by atoms with Crippen molar-refractivity contribution < 1.29 is 4.74 Å². The highest BCUT2D eigenvalue weighted by Gasteiger charge is 2.27. The van der Waals surface area contributed by atoms with E-state index < -0.39 is 0 Å². The van der Waals surface area contributed by atoms with Crippen LogP contribution in [-0.4, -0.2) is 28.9 Å². The van der Waals surface area contributed by atoms with Crippen molar-refractivity contribution in [2.75, 3.05) is 7.05 Å². The molecule has 23 heavy (non-hydrogen) atoms. The normalized spacial score (nSPS) is 14.6. The second kappa shape index (κ2) is 7.13. The maximum absolute atomic E-state index is 6.04. The summed E-state index contributed by atoms with van der Waals surface area (Å²) in [5, 5.41) is 0. The van der Waals surface area contributed by atoms with Crippen molar-refractivity contribution in [3.05, 3.63) is 59.8 Å². The van der Waals surface area contributed by atoms with Crippen LogP contribution in [0.5, 0.6) is 5.88 Å². The van der Waals surface area contributed by atoms with Crippen LogP contribution in [0.25, 0.3) is 0 Å². The van der Waals surface area contributed by atoms with Crippen LogP contribution in [0.15, 0.2) is 53.7 Å². The van der Waals surface area contributed by atoms with Crippen molar-refractivity contribution >= 4 is 5.96 Å². The lowest BCUT2D eigenvalue weighted by Gasteiger charge is -2.17. The zero-order valence-corrected chi connectivity index (χ0v) is 13.4. The fourth-order valence-corrected chi connectivity index (χ4v) is 2.33. The Morgan fingerprint density at radius 3 is 2.78 bits per heavy atom. The smallest absolute Gasteiger partial charge is 0.218 e. The molecule has 0 saturated heterocycles. The van der Waals surface area contributed by atoms with E-state index in [-0.39, 0.29) is 0 Å². The summed E-state index contributed by atoms with van der Waals surface area (Å²) < 4.78 is 5.84. The van der Waals surface area contributed by atoms with Gasteiger partial charge in [-0.1, -0.05) is 36.4 Å². The Balaban J connectivity index is 1.64. The van der Waals surface area contributed by atoms with E-state index in [2.05, 4.69) is 9.98 Å². The van der Waals surface area contributed by atoms with E-state index in [0.717, 1.165) is 11.1 Å². The Labute approximate surface area is 136 Å². The molecule has 1 heterocycles. The summed E-state index contributed by atoms with van der Waals surface area (Å²) in [6, 6.07) is 14.5. The third-order valence-corrected chi connectivity index (χ3v) is 3.94. The van der Waals surface area contributed by atoms with Gasteiger partial charge in [0.2, 0.25) is 5.88 Å². The Bertz CT molecular complexity index is 668. The van der Waals surface area contributed by atoms with Gasteiger partial charge in [0.05, 0.1) is 6.54 Å². The molecule has 5 nitrogen and oxygen atoms in total. The molecule has 0 unspecified atom stereocenters. The monoisotopic (exact) mass is 310 g/mol. The molecule has 0 atom stereocenters. The molecule has 5 heteroatoms. The molecule has 1 aliphatic carbocycles. The predicted molar refractivity (Wildman–Crippen MR) is 91.1 cm³/mol. The van der Waals surface area contributed by atoms with Crippen LogP contribution in [0.4, 0.5) is 0 Å². The van der Waals surface area contributed by atoms with Crippen molar-refractivity contribution in [3.63, 3.8) is 0 Å². The molecule has 0 aliphatic heterocycles. The largest absolute Gasteiger partial charge is 0.473 e. The molecule has 0 radical (unpaired) electrons. The van der Waals surface area contributed by atoms with Gasteiger partial charge < -0.3 is 15.4 Å². The second-order valence-electron chi connectivity index (χ2n) is 5.76. The number of guanidine groups is 1. The lowest BCUT2D eigenvalue weighted by molar-refractivity contribution is 0.290. The van der Waals surface area contributed by atoms with E-state index >= 15 is 0 Å².